The molecule has 0 aliphatic rings. The van der Waals surface area contributed by atoms with E-state index in [4.69, 9.17) is 4.42 Å². The predicted molar refractivity (Wildman–Crippen MR) is 107 cm³/mol. The van der Waals surface area contributed by atoms with Gasteiger partial charge in [-0.1, -0.05) is 11.8 Å². The Morgan fingerprint density at radius 3 is 2.80 bits per heavy atom. The van der Waals surface area contributed by atoms with Gasteiger partial charge in [-0.25, -0.2) is 9.67 Å². The summed E-state index contributed by atoms with van der Waals surface area (Å²) in [5, 5.41) is 18.2. The lowest BCUT2D eigenvalue weighted by Gasteiger charge is -2.05. The molecule has 0 radical (unpaired) electrons. The number of furan rings is 1. The molecule has 0 saturated carbocycles. The molecule has 4 rings (SSSR count). The van der Waals surface area contributed by atoms with Crippen LogP contribution in [-0.4, -0.2) is 36.3 Å². The number of aromatic amines is 1. The van der Waals surface area contributed by atoms with Crippen molar-refractivity contribution in [3.05, 3.63) is 75.1 Å². The molecule has 0 aliphatic heterocycles. The predicted octanol–water partition coefficient (Wildman–Crippen LogP) is 2.02. The lowest BCUT2D eigenvalue weighted by atomic mass is 10.3. The Bertz CT molecular complexity index is 1260. The minimum Gasteiger partial charge on any atom is -0.467 e. The summed E-state index contributed by atoms with van der Waals surface area (Å²) in [6.07, 6.45) is 2.89. The maximum atomic E-state index is 12.3. The number of thioether (sulfide) groups is 1. The van der Waals surface area contributed by atoms with E-state index in [0.717, 1.165) is 11.8 Å². The molecule has 3 aromatic heterocycles. The Kier molecular flexibility index (Phi) is 5.30. The summed E-state index contributed by atoms with van der Waals surface area (Å²) in [7, 11) is 0. The lowest BCUT2D eigenvalue weighted by Crippen LogP contribution is -2.24. The zero-order valence-electron chi connectivity index (χ0n) is 15.3. The fourth-order valence-electron chi connectivity index (χ4n) is 2.65. The van der Waals surface area contributed by atoms with E-state index < -0.39 is 10.5 Å². The van der Waals surface area contributed by atoms with Crippen molar-refractivity contribution < 1.29 is 14.1 Å². The molecule has 2 N–H and O–H groups in total. The molecule has 30 heavy (non-hydrogen) atoms. The van der Waals surface area contributed by atoms with Crippen molar-refractivity contribution in [2.45, 2.75) is 11.7 Å². The van der Waals surface area contributed by atoms with Crippen molar-refractivity contribution >= 4 is 34.4 Å². The van der Waals surface area contributed by atoms with E-state index in [2.05, 4.69) is 20.4 Å². The number of nitro benzene ring substituents is 1. The highest BCUT2D eigenvalue weighted by molar-refractivity contribution is 7.99. The summed E-state index contributed by atoms with van der Waals surface area (Å²) in [6.45, 7) is 0.266. The van der Waals surface area contributed by atoms with E-state index in [1.54, 1.807) is 12.1 Å². The molecule has 12 heteroatoms. The first-order chi connectivity index (χ1) is 14.5. The van der Waals surface area contributed by atoms with Crippen molar-refractivity contribution in [2.24, 2.45) is 0 Å². The van der Waals surface area contributed by atoms with Crippen molar-refractivity contribution in [1.82, 2.24) is 25.1 Å². The maximum absolute atomic E-state index is 12.3. The number of carbonyl (C=O) groups excluding carboxylic acids is 1. The van der Waals surface area contributed by atoms with Crippen molar-refractivity contribution in [2.75, 3.05) is 5.75 Å². The average molecular weight is 426 g/mol. The number of hydrogen-bond acceptors (Lipinski definition) is 8. The number of non-ortho nitro benzene ring substituents is 1. The summed E-state index contributed by atoms with van der Waals surface area (Å²) >= 11 is 1.07. The normalized spacial score (nSPS) is 10.9. The van der Waals surface area contributed by atoms with E-state index in [1.807, 2.05) is 0 Å². The molecule has 0 saturated heterocycles. The number of nitrogens with zero attached hydrogens (tertiary/aromatic N) is 4. The molecule has 4 aromatic rings. The minimum absolute atomic E-state index is 0.0425. The summed E-state index contributed by atoms with van der Waals surface area (Å²) in [4.78, 5) is 41.7. The standard InChI is InChI=1S/C18H14N6O5S/c25-15(19-8-13-2-1-7-29-13)10-30-18-21-16-14(17(26)22-18)9-20-23(16)11-3-5-12(6-4-11)24(27)28/h1-7,9H,8,10H2,(H,19,25)(H,21,22,26). The van der Waals surface area contributed by atoms with E-state index in [1.165, 1.54) is 41.4 Å². The number of amides is 1. The molecule has 0 fully saturated rings. The second-order valence-corrected chi connectivity index (χ2v) is 7.05. The SMILES string of the molecule is O=C(CSc1nc2c(cnn2-c2ccc([N+](=O)[O-])cc2)c(=O)[nH]1)NCc1ccco1. The number of nitrogens with one attached hydrogen (secondary N) is 2. The van der Waals surface area contributed by atoms with E-state index >= 15 is 0 Å². The van der Waals surface area contributed by atoms with Gasteiger partial charge in [0.05, 0.1) is 35.4 Å². The zero-order chi connectivity index (χ0) is 21.1. The summed E-state index contributed by atoms with van der Waals surface area (Å²) in [6, 6.07) is 9.20. The van der Waals surface area contributed by atoms with Gasteiger partial charge in [0.25, 0.3) is 11.2 Å². The third kappa shape index (κ3) is 4.07. The highest BCUT2D eigenvalue weighted by Gasteiger charge is 2.14. The third-order valence-corrected chi connectivity index (χ3v) is 4.97. The Balaban J connectivity index is 1.52. The van der Waals surface area contributed by atoms with Gasteiger partial charge < -0.3 is 14.7 Å². The molecule has 11 nitrogen and oxygen atoms in total. The Hall–Kier alpha value is -3.93. The molecular formula is C18H14N6O5S. The number of H-pyrrole nitrogens is 1. The van der Waals surface area contributed by atoms with Crippen LogP contribution in [0.1, 0.15) is 5.76 Å². The molecule has 0 bridgehead atoms. The van der Waals surface area contributed by atoms with Gasteiger partial charge >= 0.3 is 0 Å². The monoisotopic (exact) mass is 426 g/mol. The highest BCUT2D eigenvalue weighted by atomic mass is 32.2. The number of fused-ring (bicyclic) bond motifs is 1. The van der Waals surface area contributed by atoms with Gasteiger partial charge in [-0.3, -0.25) is 19.7 Å². The van der Waals surface area contributed by atoms with Crippen LogP contribution in [0.25, 0.3) is 16.7 Å². The van der Waals surface area contributed by atoms with Crippen LogP contribution in [0.3, 0.4) is 0 Å². The fourth-order valence-corrected chi connectivity index (χ4v) is 3.34. The number of hydrogen-bond donors (Lipinski definition) is 2. The lowest BCUT2D eigenvalue weighted by molar-refractivity contribution is -0.384. The van der Waals surface area contributed by atoms with E-state index in [0.29, 0.717) is 11.4 Å². The number of nitro groups is 1. The average Bonchev–Trinajstić information content (AvgIpc) is 3.41. The molecule has 0 aliphatic carbocycles. The van der Waals surface area contributed by atoms with Crippen LogP contribution in [0.15, 0.2) is 63.2 Å². The van der Waals surface area contributed by atoms with Gasteiger partial charge in [0.15, 0.2) is 10.8 Å². The van der Waals surface area contributed by atoms with Gasteiger partial charge in [0.2, 0.25) is 5.91 Å². The first-order valence-corrected chi connectivity index (χ1v) is 9.64. The van der Waals surface area contributed by atoms with Crippen LogP contribution in [0.5, 0.6) is 0 Å². The molecule has 152 valence electrons. The first kappa shape index (κ1) is 19.4. The van der Waals surface area contributed by atoms with E-state index in [-0.39, 0.29) is 40.1 Å². The topological polar surface area (TPSA) is 149 Å². The molecule has 0 spiro atoms. The zero-order valence-corrected chi connectivity index (χ0v) is 16.1. The Labute approximate surface area is 172 Å². The van der Waals surface area contributed by atoms with Gasteiger partial charge in [-0.2, -0.15) is 5.10 Å². The summed E-state index contributed by atoms with van der Waals surface area (Å²) in [5.41, 5.74) is 0.344. The van der Waals surface area contributed by atoms with Crippen molar-refractivity contribution in [3.63, 3.8) is 0 Å². The highest BCUT2D eigenvalue weighted by Crippen LogP contribution is 2.20. The van der Waals surface area contributed by atoms with Crippen LogP contribution < -0.4 is 10.9 Å². The second kappa shape index (κ2) is 8.21. The Morgan fingerprint density at radius 1 is 1.30 bits per heavy atom. The van der Waals surface area contributed by atoms with Gasteiger partial charge in [-0.05, 0) is 24.3 Å². The molecule has 1 aromatic carbocycles. The number of carbonyl (C=O) groups is 1. The largest absolute Gasteiger partial charge is 0.467 e. The third-order valence-electron chi connectivity index (χ3n) is 4.10. The summed E-state index contributed by atoms with van der Waals surface area (Å²) in [5.74, 6) is 0.428. The van der Waals surface area contributed by atoms with Crippen molar-refractivity contribution in [3.8, 4) is 5.69 Å². The quantitative estimate of drug-likeness (QED) is 0.197. The van der Waals surface area contributed by atoms with Crippen LogP contribution in [0.4, 0.5) is 5.69 Å². The van der Waals surface area contributed by atoms with Gasteiger partial charge in [-0.15, -0.1) is 0 Å². The minimum atomic E-state index is -0.500. The maximum Gasteiger partial charge on any atom is 0.269 e. The number of benzene rings is 1. The number of aromatic nitrogens is 4. The molecule has 0 unspecified atom stereocenters. The smallest absolute Gasteiger partial charge is 0.269 e. The molecule has 0 atom stereocenters. The van der Waals surface area contributed by atoms with Crippen LogP contribution in [0, 0.1) is 10.1 Å². The van der Waals surface area contributed by atoms with Crippen LogP contribution in [0.2, 0.25) is 0 Å². The van der Waals surface area contributed by atoms with Crippen molar-refractivity contribution in [1.29, 1.82) is 0 Å². The van der Waals surface area contributed by atoms with Gasteiger partial charge in [0, 0.05) is 12.1 Å². The molecular weight excluding hydrogens is 412 g/mol. The van der Waals surface area contributed by atoms with Gasteiger partial charge in [0.1, 0.15) is 11.1 Å². The summed E-state index contributed by atoms with van der Waals surface area (Å²) < 4.78 is 6.56. The second-order valence-electron chi connectivity index (χ2n) is 6.08. The van der Waals surface area contributed by atoms with Crippen LogP contribution in [-0.2, 0) is 11.3 Å². The first-order valence-electron chi connectivity index (χ1n) is 8.66. The Morgan fingerprint density at radius 2 is 2.10 bits per heavy atom. The molecule has 3 heterocycles. The number of rotatable bonds is 7. The van der Waals surface area contributed by atoms with Crippen LogP contribution >= 0.6 is 11.8 Å². The molecule has 1 amide bonds. The fraction of sp³-hybridized carbons (Fsp3) is 0.111. The van der Waals surface area contributed by atoms with E-state index in [9.17, 15) is 19.7 Å².